The lowest BCUT2D eigenvalue weighted by Crippen LogP contribution is -2.46. The van der Waals surface area contributed by atoms with E-state index in [-0.39, 0.29) is 23.7 Å². The second-order valence-electron chi connectivity index (χ2n) is 9.23. The van der Waals surface area contributed by atoms with Gasteiger partial charge in [0.05, 0.1) is 22.4 Å². The molecule has 2 fully saturated rings. The Bertz CT molecular complexity index is 916. The Morgan fingerprint density at radius 3 is 2.52 bits per heavy atom. The van der Waals surface area contributed by atoms with Gasteiger partial charge >= 0.3 is 0 Å². The number of nitrogens with one attached hydrogen (secondary N) is 1. The molecule has 0 unspecified atom stereocenters. The van der Waals surface area contributed by atoms with Gasteiger partial charge in [-0.3, -0.25) is 9.78 Å². The quantitative estimate of drug-likeness (QED) is 0.815. The number of aromatic nitrogens is 1. The number of hydrogen-bond donors (Lipinski definition) is 2. The average Bonchev–Trinajstić information content (AvgIpc) is 2.66. The monoisotopic (exact) mass is 399 g/mol. The van der Waals surface area contributed by atoms with Crippen LogP contribution < -0.4 is 10.2 Å². The van der Waals surface area contributed by atoms with Crippen molar-refractivity contribution in [3.8, 4) is 0 Å². The number of anilines is 1. The van der Waals surface area contributed by atoms with Crippen LogP contribution in [0.1, 0.15) is 63.2 Å². The van der Waals surface area contributed by atoms with Crippen LogP contribution in [0.15, 0.2) is 24.4 Å². The highest BCUT2D eigenvalue weighted by atomic mass is 19.1. The van der Waals surface area contributed by atoms with E-state index >= 15 is 0 Å². The molecule has 1 aliphatic heterocycles. The van der Waals surface area contributed by atoms with E-state index < -0.39 is 5.60 Å². The maximum atomic E-state index is 14.6. The third-order valence-corrected chi connectivity index (χ3v) is 6.70. The summed E-state index contributed by atoms with van der Waals surface area (Å²) in [5.41, 5.74) is 1.06. The van der Waals surface area contributed by atoms with Crippen LogP contribution in [-0.4, -0.2) is 40.2 Å². The Hall–Kier alpha value is -2.21. The molecular formula is C23H30FN3O2. The summed E-state index contributed by atoms with van der Waals surface area (Å²) in [5.74, 6) is -0.176. The molecule has 2 N–H and O–H groups in total. The maximum absolute atomic E-state index is 14.6. The van der Waals surface area contributed by atoms with Crippen LogP contribution >= 0.6 is 0 Å². The van der Waals surface area contributed by atoms with E-state index in [1.807, 2.05) is 18.7 Å². The molecule has 4 rings (SSSR count). The number of carbonyl (C=O) groups excluding carboxylic acids is 1. The van der Waals surface area contributed by atoms with Gasteiger partial charge in [0.15, 0.2) is 0 Å². The summed E-state index contributed by atoms with van der Waals surface area (Å²) in [7, 11) is 0. The summed E-state index contributed by atoms with van der Waals surface area (Å²) < 4.78 is 14.6. The Labute approximate surface area is 171 Å². The second-order valence-corrected chi connectivity index (χ2v) is 9.23. The zero-order valence-corrected chi connectivity index (χ0v) is 17.4. The minimum Gasteiger partial charge on any atom is -0.390 e. The highest BCUT2D eigenvalue weighted by Gasteiger charge is 2.32. The van der Waals surface area contributed by atoms with Crippen molar-refractivity contribution < 1.29 is 14.3 Å². The van der Waals surface area contributed by atoms with Crippen molar-refractivity contribution in [1.29, 1.82) is 0 Å². The lowest BCUT2D eigenvalue weighted by atomic mass is 9.77. The minimum absolute atomic E-state index is 0.101. The van der Waals surface area contributed by atoms with Crippen LogP contribution in [0.4, 0.5) is 10.1 Å². The number of aliphatic hydroxyl groups is 1. The first-order valence-corrected chi connectivity index (χ1v) is 10.6. The van der Waals surface area contributed by atoms with Gasteiger partial charge in [-0.25, -0.2) is 4.39 Å². The molecule has 1 aromatic carbocycles. The highest BCUT2D eigenvalue weighted by molar-refractivity contribution is 5.97. The zero-order valence-electron chi connectivity index (χ0n) is 17.4. The van der Waals surface area contributed by atoms with Crippen molar-refractivity contribution in [3.05, 3.63) is 35.8 Å². The van der Waals surface area contributed by atoms with Crippen LogP contribution in [-0.2, 0) is 0 Å². The summed E-state index contributed by atoms with van der Waals surface area (Å²) >= 11 is 0. The zero-order chi connectivity index (χ0) is 20.8. The Morgan fingerprint density at radius 2 is 1.93 bits per heavy atom. The lowest BCUT2D eigenvalue weighted by Gasteiger charge is -2.40. The molecule has 1 amide bonds. The summed E-state index contributed by atoms with van der Waals surface area (Å²) in [4.78, 5) is 19.2. The molecule has 1 saturated carbocycles. The van der Waals surface area contributed by atoms with E-state index in [4.69, 9.17) is 0 Å². The second kappa shape index (κ2) is 7.56. The first-order valence-electron chi connectivity index (χ1n) is 10.6. The fraction of sp³-hybridized carbons (Fsp3) is 0.565. The van der Waals surface area contributed by atoms with Gasteiger partial charge < -0.3 is 15.3 Å². The van der Waals surface area contributed by atoms with Gasteiger partial charge in [-0.1, -0.05) is 0 Å². The first kappa shape index (κ1) is 20.1. The van der Waals surface area contributed by atoms with Crippen LogP contribution in [0.2, 0.25) is 0 Å². The van der Waals surface area contributed by atoms with Gasteiger partial charge in [-0.15, -0.1) is 0 Å². The number of benzene rings is 1. The van der Waals surface area contributed by atoms with E-state index in [1.54, 1.807) is 18.3 Å². The van der Waals surface area contributed by atoms with Crippen molar-refractivity contribution in [2.75, 3.05) is 11.4 Å². The molecule has 6 heteroatoms. The number of amides is 1. The molecule has 1 aliphatic carbocycles. The molecule has 2 aliphatic rings. The van der Waals surface area contributed by atoms with Crippen molar-refractivity contribution in [2.45, 2.75) is 70.6 Å². The van der Waals surface area contributed by atoms with Crippen molar-refractivity contribution >= 4 is 22.5 Å². The third kappa shape index (κ3) is 4.08. The van der Waals surface area contributed by atoms with Crippen LogP contribution in [0, 0.1) is 11.7 Å². The third-order valence-electron chi connectivity index (χ3n) is 6.70. The van der Waals surface area contributed by atoms with Gasteiger partial charge in [-0.05, 0) is 77.0 Å². The summed E-state index contributed by atoms with van der Waals surface area (Å²) in [6, 6.07) is 5.42. The summed E-state index contributed by atoms with van der Waals surface area (Å²) in [6.07, 6.45) is 6.14. The average molecular weight is 400 g/mol. The molecular weight excluding hydrogens is 369 g/mol. The van der Waals surface area contributed by atoms with E-state index in [0.717, 1.165) is 38.6 Å². The highest BCUT2D eigenvalue weighted by Crippen LogP contribution is 2.33. The fourth-order valence-corrected chi connectivity index (χ4v) is 4.57. The molecule has 2 heterocycles. The SMILES string of the molecule is C[C@H]1CCN1c1cc2ncc(C(=O)N[C@H]3CC[C@H](C(C)(C)O)CC3)cc2cc1F. The predicted octanol–water partition coefficient (Wildman–Crippen LogP) is 4.03. The lowest BCUT2D eigenvalue weighted by molar-refractivity contribution is -0.00257. The van der Waals surface area contributed by atoms with Gasteiger partial charge in [0.2, 0.25) is 0 Å². The van der Waals surface area contributed by atoms with Crippen molar-refractivity contribution in [1.82, 2.24) is 10.3 Å². The normalized spacial score (nSPS) is 25.0. The molecule has 1 atom stereocenters. The van der Waals surface area contributed by atoms with Crippen molar-refractivity contribution in [3.63, 3.8) is 0 Å². The van der Waals surface area contributed by atoms with E-state index in [1.165, 1.54) is 6.07 Å². The smallest absolute Gasteiger partial charge is 0.253 e. The fourth-order valence-electron chi connectivity index (χ4n) is 4.57. The van der Waals surface area contributed by atoms with Crippen LogP contribution in [0.3, 0.4) is 0 Å². The number of rotatable bonds is 4. The summed E-state index contributed by atoms with van der Waals surface area (Å²) in [6.45, 7) is 6.65. The first-order chi connectivity index (χ1) is 13.7. The number of halogens is 1. The van der Waals surface area contributed by atoms with Gasteiger partial charge in [0, 0.05) is 30.2 Å². The molecule has 29 heavy (non-hydrogen) atoms. The molecule has 1 saturated heterocycles. The van der Waals surface area contributed by atoms with Crippen molar-refractivity contribution in [2.24, 2.45) is 5.92 Å². The number of hydrogen-bond acceptors (Lipinski definition) is 4. The maximum Gasteiger partial charge on any atom is 0.253 e. The minimum atomic E-state index is -0.673. The largest absolute Gasteiger partial charge is 0.390 e. The molecule has 5 nitrogen and oxygen atoms in total. The van der Waals surface area contributed by atoms with Gasteiger partial charge in [0.25, 0.3) is 5.91 Å². The molecule has 2 aromatic rings. The van der Waals surface area contributed by atoms with Gasteiger partial charge in [0.1, 0.15) is 5.82 Å². The number of pyridine rings is 1. The molecule has 0 spiro atoms. The predicted molar refractivity (Wildman–Crippen MR) is 113 cm³/mol. The van der Waals surface area contributed by atoms with E-state index in [2.05, 4.69) is 17.2 Å². The Balaban J connectivity index is 1.45. The summed E-state index contributed by atoms with van der Waals surface area (Å²) in [5, 5.41) is 13.9. The van der Waals surface area contributed by atoms with Crippen LogP contribution in [0.25, 0.3) is 10.9 Å². The number of fused-ring (bicyclic) bond motifs is 1. The Morgan fingerprint density at radius 1 is 1.21 bits per heavy atom. The van der Waals surface area contributed by atoms with Gasteiger partial charge in [-0.2, -0.15) is 0 Å². The molecule has 0 bridgehead atoms. The standard InChI is InChI=1S/C23H30FN3O2/c1-14-8-9-27(14)21-12-20-15(11-19(21)24)10-16(13-25-20)22(28)26-18-6-4-17(5-7-18)23(2,3)29/h10-14,17-18,29H,4-9H2,1-3H3,(H,26,28)/t14-,17-,18-/m0/s1. The molecule has 1 aromatic heterocycles. The Kier molecular flexibility index (Phi) is 5.23. The van der Waals surface area contributed by atoms with E-state index in [0.29, 0.717) is 28.2 Å². The molecule has 0 radical (unpaired) electrons. The number of carbonyl (C=O) groups is 1. The van der Waals surface area contributed by atoms with Crippen LogP contribution in [0.5, 0.6) is 0 Å². The molecule has 156 valence electrons. The topological polar surface area (TPSA) is 65.5 Å². The number of nitrogens with zero attached hydrogens (tertiary/aromatic N) is 2. The van der Waals surface area contributed by atoms with E-state index in [9.17, 15) is 14.3 Å².